The first kappa shape index (κ1) is 17.5. The normalized spacial score (nSPS) is 22.9. The number of hydrogen-bond acceptors (Lipinski definition) is 0. The molecule has 122 valence electrons. The summed E-state index contributed by atoms with van der Waals surface area (Å²) in [7, 11) is 0.183. The van der Waals surface area contributed by atoms with Crippen LogP contribution in [0.15, 0.2) is 11.4 Å². The number of rotatable bonds is 7. The smallest absolute Gasteiger partial charge is 0.0170 e. The van der Waals surface area contributed by atoms with Gasteiger partial charge in [0.05, 0.1) is 0 Å². The van der Waals surface area contributed by atoms with Gasteiger partial charge in [0.1, 0.15) is 0 Å². The molecule has 1 heteroatoms. The lowest BCUT2D eigenvalue weighted by atomic mass is 9.99. The van der Waals surface area contributed by atoms with Gasteiger partial charge in [-0.2, -0.15) is 0 Å². The van der Waals surface area contributed by atoms with Crippen LogP contribution in [-0.2, 0) is 0 Å². The molecule has 0 atom stereocenters. The van der Waals surface area contributed by atoms with E-state index in [1.54, 1.807) is 25.7 Å². The van der Waals surface area contributed by atoms with Crippen molar-refractivity contribution in [3.05, 3.63) is 11.4 Å². The first-order valence-corrected chi connectivity index (χ1v) is 11.3. The van der Waals surface area contributed by atoms with E-state index >= 15 is 0 Å². The summed E-state index contributed by atoms with van der Waals surface area (Å²) in [4.78, 5) is 0. The predicted octanol–water partition coefficient (Wildman–Crippen LogP) is 7.62. The molecule has 0 aromatic heterocycles. The number of allylic oxidation sites excluding steroid dienone is 2. The third-order valence-electron chi connectivity index (χ3n) is 5.44. The molecular formula is C20H37P. The van der Waals surface area contributed by atoms with E-state index in [-0.39, 0.29) is 7.92 Å². The van der Waals surface area contributed by atoms with Gasteiger partial charge < -0.3 is 0 Å². The van der Waals surface area contributed by atoms with Crippen molar-refractivity contribution in [3.8, 4) is 0 Å². The van der Waals surface area contributed by atoms with Crippen molar-refractivity contribution in [3.63, 3.8) is 0 Å². The summed E-state index contributed by atoms with van der Waals surface area (Å²) in [5.41, 5.74) is 2.18. The molecule has 2 aliphatic carbocycles. The minimum atomic E-state index is 0.183. The Labute approximate surface area is 134 Å². The van der Waals surface area contributed by atoms with Crippen molar-refractivity contribution in [2.24, 2.45) is 0 Å². The van der Waals surface area contributed by atoms with Crippen LogP contribution in [-0.4, -0.2) is 11.3 Å². The molecule has 0 radical (unpaired) electrons. The summed E-state index contributed by atoms with van der Waals surface area (Å²) in [6.07, 6.45) is 23.4. The van der Waals surface area contributed by atoms with Gasteiger partial charge in [0.15, 0.2) is 0 Å². The molecule has 0 aliphatic heterocycles. The van der Waals surface area contributed by atoms with Crippen molar-refractivity contribution in [1.29, 1.82) is 0 Å². The fraction of sp³-hybridized carbons (Fsp3) is 0.900. The van der Waals surface area contributed by atoms with Crippen molar-refractivity contribution in [2.45, 2.75) is 115 Å². The summed E-state index contributed by atoms with van der Waals surface area (Å²) in [6, 6.07) is 0. The van der Waals surface area contributed by atoms with Crippen LogP contribution in [0.2, 0.25) is 0 Å². The van der Waals surface area contributed by atoms with Crippen LogP contribution in [0.1, 0.15) is 104 Å². The number of unbranched alkanes of at least 4 members (excludes halogenated alkanes) is 1. The van der Waals surface area contributed by atoms with E-state index in [2.05, 4.69) is 19.9 Å². The standard InChI is InChI=1S/C20H37P/c1-3-5-13-18(12-4-2)21(19-14-8-6-9-15-19)20-16-10-7-11-17-20/h13,19-20H,3-12,14-17H2,1-2H3. The molecule has 0 bridgehead atoms. The lowest BCUT2D eigenvalue weighted by Crippen LogP contribution is -2.21. The highest BCUT2D eigenvalue weighted by molar-refractivity contribution is 7.63. The zero-order chi connectivity index (χ0) is 14.9. The van der Waals surface area contributed by atoms with Crippen LogP contribution in [0.25, 0.3) is 0 Å². The summed E-state index contributed by atoms with van der Waals surface area (Å²) in [5, 5.41) is 1.94. The highest BCUT2D eigenvalue weighted by Gasteiger charge is 2.32. The van der Waals surface area contributed by atoms with E-state index in [9.17, 15) is 0 Å². The minimum absolute atomic E-state index is 0.183. The molecule has 0 aromatic carbocycles. The summed E-state index contributed by atoms with van der Waals surface area (Å²) in [6.45, 7) is 4.72. The Morgan fingerprint density at radius 1 is 0.810 bits per heavy atom. The molecule has 0 saturated heterocycles. The van der Waals surface area contributed by atoms with Gasteiger partial charge in [-0.15, -0.1) is 0 Å². The Balaban J connectivity index is 2.14. The van der Waals surface area contributed by atoms with Gasteiger partial charge in [-0.3, -0.25) is 0 Å². The molecule has 2 rings (SSSR count). The van der Waals surface area contributed by atoms with Gasteiger partial charge in [-0.1, -0.05) is 79.2 Å². The van der Waals surface area contributed by atoms with Gasteiger partial charge in [-0.25, -0.2) is 0 Å². The lowest BCUT2D eigenvalue weighted by Gasteiger charge is -2.40. The third kappa shape index (κ3) is 5.38. The Hall–Kier alpha value is 0.170. The zero-order valence-corrected chi connectivity index (χ0v) is 15.5. The van der Waals surface area contributed by atoms with E-state index < -0.39 is 0 Å². The molecule has 2 fully saturated rings. The highest BCUT2D eigenvalue weighted by atomic mass is 31.1. The van der Waals surface area contributed by atoms with Crippen molar-refractivity contribution >= 4 is 7.92 Å². The molecule has 0 N–H and O–H groups in total. The monoisotopic (exact) mass is 308 g/mol. The largest absolute Gasteiger partial charge is 0.0808 e. The molecule has 0 unspecified atom stereocenters. The van der Waals surface area contributed by atoms with Gasteiger partial charge in [0.2, 0.25) is 0 Å². The van der Waals surface area contributed by atoms with Crippen molar-refractivity contribution in [1.82, 2.24) is 0 Å². The number of hydrogen-bond donors (Lipinski definition) is 0. The summed E-state index contributed by atoms with van der Waals surface area (Å²) in [5.74, 6) is 0. The second kappa shape index (κ2) is 10.0. The molecule has 0 nitrogen and oxygen atoms in total. The Morgan fingerprint density at radius 3 is 1.76 bits per heavy atom. The molecule has 2 saturated carbocycles. The van der Waals surface area contributed by atoms with Crippen LogP contribution < -0.4 is 0 Å². The Kier molecular flexibility index (Phi) is 8.38. The summed E-state index contributed by atoms with van der Waals surface area (Å²) >= 11 is 0. The SMILES string of the molecule is CCCC=C(CCC)P(C1CCCCC1)C1CCCCC1. The van der Waals surface area contributed by atoms with E-state index in [1.165, 1.54) is 64.2 Å². The molecule has 0 amide bonds. The first-order valence-electron chi connectivity index (χ1n) is 9.84. The Morgan fingerprint density at radius 2 is 1.33 bits per heavy atom. The topological polar surface area (TPSA) is 0 Å². The first-order chi connectivity index (χ1) is 10.4. The second-order valence-corrected chi connectivity index (χ2v) is 10.1. The van der Waals surface area contributed by atoms with E-state index in [1.807, 2.05) is 5.31 Å². The molecule has 2 aliphatic rings. The van der Waals surface area contributed by atoms with E-state index in [0.29, 0.717) is 0 Å². The minimum Gasteiger partial charge on any atom is -0.0808 e. The van der Waals surface area contributed by atoms with Gasteiger partial charge in [-0.05, 0) is 55.2 Å². The van der Waals surface area contributed by atoms with Crippen LogP contribution in [0.4, 0.5) is 0 Å². The molecule has 0 heterocycles. The molecule has 0 spiro atoms. The molecule has 21 heavy (non-hydrogen) atoms. The highest BCUT2D eigenvalue weighted by Crippen LogP contribution is 2.62. The van der Waals surface area contributed by atoms with Crippen molar-refractivity contribution in [2.75, 3.05) is 0 Å². The average Bonchev–Trinajstić information content (AvgIpc) is 2.55. The third-order valence-corrected chi connectivity index (χ3v) is 9.12. The average molecular weight is 308 g/mol. The van der Waals surface area contributed by atoms with Gasteiger partial charge in [0.25, 0.3) is 0 Å². The maximum Gasteiger partial charge on any atom is -0.0170 e. The van der Waals surface area contributed by atoms with Crippen LogP contribution >= 0.6 is 7.92 Å². The fourth-order valence-electron chi connectivity index (χ4n) is 4.39. The van der Waals surface area contributed by atoms with Crippen LogP contribution in [0.3, 0.4) is 0 Å². The van der Waals surface area contributed by atoms with Gasteiger partial charge >= 0.3 is 0 Å². The van der Waals surface area contributed by atoms with Crippen LogP contribution in [0, 0.1) is 0 Å². The van der Waals surface area contributed by atoms with Crippen LogP contribution in [0.5, 0.6) is 0 Å². The van der Waals surface area contributed by atoms with Gasteiger partial charge in [0, 0.05) is 0 Å². The van der Waals surface area contributed by atoms with E-state index in [0.717, 1.165) is 11.3 Å². The zero-order valence-electron chi connectivity index (χ0n) is 14.6. The predicted molar refractivity (Wildman–Crippen MR) is 98.6 cm³/mol. The lowest BCUT2D eigenvalue weighted by molar-refractivity contribution is 0.485. The molecule has 0 aromatic rings. The second-order valence-electron chi connectivity index (χ2n) is 7.23. The van der Waals surface area contributed by atoms with Crippen molar-refractivity contribution < 1.29 is 0 Å². The maximum atomic E-state index is 2.69. The summed E-state index contributed by atoms with van der Waals surface area (Å²) < 4.78 is 0. The Bertz CT molecular complexity index is 277. The maximum absolute atomic E-state index is 2.69. The van der Waals surface area contributed by atoms with E-state index in [4.69, 9.17) is 0 Å². The quantitative estimate of drug-likeness (QED) is 0.424. The fourth-order valence-corrected chi connectivity index (χ4v) is 8.59. The molecular weight excluding hydrogens is 271 g/mol.